The number of hydrogen-bond donors (Lipinski definition) is 4. The summed E-state index contributed by atoms with van der Waals surface area (Å²) in [6.45, 7) is 3.27. The van der Waals surface area contributed by atoms with Gasteiger partial charge >= 0.3 is 0 Å². The molecule has 1 amide bonds. The van der Waals surface area contributed by atoms with Crippen molar-refractivity contribution in [1.29, 1.82) is 0 Å². The first-order valence-electron chi connectivity index (χ1n) is 8.42. The minimum Gasteiger partial charge on any atom is -0.375 e. The number of hydrazine groups is 1. The van der Waals surface area contributed by atoms with Crippen molar-refractivity contribution in [3.63, 3.8) is 0 Å². The third-order valence-electron chi connectivity index (χ3n) is 3.46. The second kappa shape index (κ2) is 10.8. The number of carbonyl (C=O) groups is 1. The summed E-state index contributed by atoms with van der Waals surface area (Å²) in [6, 6.07) is 9.58. The summed E-state index contributed by atoms with van der Waals surface area (Å²) in [4.78, 5) is 16.7. The molecular weight excluding hydrogens is 400 g/mol. The van der Waals surface area contributed by atoms with Crippen molar-refractivity contribution < 1.29 is 4.79 Å². The first-order valence-corrected chi connectivity index (χ1v) is 10.1. The Hall–Kier alpha value is -2.30. The molecule has 0 saturated carbocycles. The maximum atomic E-state index is 12.5. The highest BCUT2D eigenvalue weighted by Gasteiger charge is 2.16. The zero-order valence-electron chi connectivity index (χ0n) is 14.9. The number of thiocarbonyl (C=S) groups is 2. The van der Waals surface area contributed by atoms with E-state index in [-0.39, 0.29) is 10.8 Å². The molecule has 10 heteroatoms. The van der Waals surface area contributed by atoms with Crippen LogP contribution in [0.1, 0.15) is 35.8 Å². The lowest BCUT2D eigenvalue weighted by Crippen LogP contribution is -2.48. The molecule has 1 aromatic heterocycles. The van der Waals surface area contributed by atoms with Crippen LogP contribution in [0.2, 0.25) is 0 Å². The number of hydrogen-bond acceptors (Lipinski definition) is 5. The SMILES string of the molecule is CCCCNC(=S)Nc1nc(C(=O)NN(Cc2ccccc2)C(N)=S)cs1. The van der Waals surface area contributed by atoms with Crippen LogP contribution in [0.3, 0.4) is 0 Å². The van der Waals surface area contributed by atoms with E-state index in [1.54, 1.807) is 5.38 Å². The Kier molecular flexibility index (Phi) is 8.37. The maximum absolute atomic E-state index is 12.5. The molecule has 7 nitrogen and oxygen atoms in total. The van der Waals surface area contributed by atoms with E-state index in [9.17, 15) is 4.79 Å². The zero-order chi connectivity index (χ0) is 19.6. The van der Waals surface area contributed by atoms with Crippen molar-refractivity contribution in [3.05, 3.63) is 47.0 Å². The van der Waals surface area contributed by atoms with Gasteiger partial charge in [0.25, 0.3) is 5.91 Å². The van der Waals surface area contributed by atoms with Crippen LogP contribution in [0.15, 0.2) is 35.7 Å². The predicted octanol–water partition coefficient (Wildman–Crippen LogP) is 2.62. The molecule has 0 aliphatic carbocycles. The molecule has 0 bridgehead atoms. The van der Waals surface area contributed by atoms with E-state index in [4.69, 9.17) is 30.2 Å². The molecule has 1 aromatic carbocycles. The largest absolute Gasteiger partial charge is 0.375 e. The molecule has 2 rings (SSSR count). The lowest BCUT2D eigenvalue weighted by molar-refractivity contribution is 0.0861. The summed E-state index contributed by atoms with van der Waals surface area (Å²) < 4.78 is 0. The fourth-order valence-corrected chi connectivity index (χ4v) is 3.14. The van der Waals surface area contributed by atoms with Crippen LogP contribution < -0.4 is 21.8 Å². The quantitative estimate of drug-likeness (QED) is 0.307. The van der Waals surface area contributed by atoms with Crippen LogP contribution in [0.5, 0.6) is 0 Å². The van der Waals surface area contributed by atoms with Crippen LogP contribution in [-0.2, 0) is 6.54 Å². The van der Waals surface area contributed by atoms with Gasteiger partial charge in [0.2, 0.25) is 0 Å². The molecule has 0 radical (unpaired) electrons. The number of benzene rings is 1. The van der Waals surface area contributed by atoms with Gasteiger partial charge in [-0.15, -0.1) is 11.3 Å². The van der Waals surface area contributed by atoms with Crippen LogP contribution in [-0.4, -0.2) is 32.7 Å². The average Bonchev–Trinajstić information content (AvgIpc) is 3.10. The number of aromatic nitrogens is 1. The van der Waals surface area contributed by atoms with E-state index < -0.39 is 5.91 Å². The minimum atomic E-state index is -0.395. The third kappa shape index (κ3) is 7.08. The third-order valence-corrected chi connectivity index (χ3v) is 4.68. The highest BCUT2D eigenvalue weighted by molar-refractivity contribution is 7.80. The lowest BCUT2D eigenvalue weighted by atomic mass is 10.2. The Morgan fingerprint density at radius 2 is 2.04 bits per heavy atom. The van der Waals surface area contributed by atoms with Crippen molar-refractivity contribution in [1.82, 2.24) is 20.7 Å². The minimum absolute atomic E-state index is 0.0714. The molecule has 0 saturated heterocycles. The molecule has 144 valence electrons. The Morgan fingerprint density at radius 3 is 2.70 bits per heavy atom. The molecule has 0 spiro atoms. The van der Waals surface area contributed by atoms with E-state index >= 15 is 0 Å². The van der Waals surface area contributed by atoms with E-state index in [0.29, 0.717) is 16.8 Å². The van der Waals surface area contributed by atoms with E-state index in [1.807, 2.05) is 30.3 Å². The first-order chi connectivity index (χ1) is 13.0. The first kappa shape index (κ1) is 21.0. The van der Waals surface area contributed by atoms with Gasteiger partial charge in [0, 0.05) is 11.9 Å². The molecule has 2 aromatic rings. The van der Waals surface area contributed by atoms with Crippen LogP contribution >= 0.6 is 35.8 Å². The van der Waals surface area contributed by atoms with Gasteiger partial charge in [0.05, 0.1) is 6.54 Å². The monoisotopic (exact) mass is 422 g/mol. The second-order valence-corrected chi connectivity index (χ2v) is 7.31. The molecule has 0 unspecified atom stereocenters. The Labute approximate surface area is 173 Å². The van der Waals surface area contributed by atoms with Crippen molar-refractivity contribution in [2.75, 3.05) is 11.9 Å². The van der Waals surface area contributed by atoms with Gasteiger partial charge in [0.1, 0.15) is 5.69 Å². The van der Waals surface area contributed by atoms with Crippen molar-refractivity contribution in [2.24, 2.45) is 5.73 Å². The molecular formula is C17H22N6OS3. The average molecular weight is 423 g/mol. The topological polar surface area (TPSA) is 95.3 Å². The zero-order valence-corrected chi connectivity index (χ0v) is 17.3. The second-order valence-electron chi connectivity index (χ2n) is 5.62. The molecule has 0 atom stereocenters. The van der Waals surface area contributed by atoms with Crippen LogP contribution in [0.4, 0.5) is 5.13 Å². The fourth-order valence-electron chi connectivity index (χ4n) is 2.07. The Balaban J connectivity index is 1.93. The summed E-state index contributed by atoms with van der Waals surface area (Å²) in [5.74, 6) is -0.395. The van der Waals surface area contributed by atoms with E-state index in [2.05, 4.69) is 28.0 Å². The highest BCUT2D eigenvalue weighted by atomic mass is 32.1. The number of thiazole rings is 1. The number of carbonyl (C=O) groups excluding carboxylic acids is 1. The van der Waals surface area contributed by atoms with E-state index in [1.165, 1.54) is 16.3 Å². The summed E-state index contributed by atoms with van der Waals surface area (Å²) in [6.07, 6.45) is 2.11. The smallest absolute Gasteiger partial charge is 0.289 e. The summed E-state index contributed by atoms with van der Waals surface area (Å²) >= 11 is 11.5. The number of amides is 1. The lowest BCUT2D eigenvalue weighted by Gasteiger charge is -2.23. The van der Waals surface area contributed by atoms with Crippen molar-refractivity contribution >= 4 is 57.0 Å². The number of nitrogens with one attached hydrogen (secondary N) is 3. The number of nitrogens with two attached hydrogens (primary N) is 1. The normalized spacial score (nSPS) is 10.1. The molecule has 0 aliphatic heterocycles. The van der Waals surface area contributed by atoms with Gasteiger partial charge in [-0.25, -0.2) is 4.98 Å². The van der Waals surface area contributed by atoms with Crippen molar-refractivity contribution in [2.45, 2.75) is 26.3 Å². The van der Waals surface area contributed by atoms with Crippen LogP contribution in [0, 0.1) is 0 Å². The molecule has 1 heterocycles. The van der Waals surface area contributed by atoms with Crippen molar-refractivity contribution in [3.8, 4) is 0 Å². The fraction of sp³-hybridized carbons (Fsp3) is 0.294. The molecule has 5 N–H and O–H groups in total. The van der Waals surface area contributed by atoms with Gasteiger partial charge in [-0.3, -0.25) is 15.2 Å². The van der Waals surface area contributed by atoms with Gasteiger partial charge in [-0.2, -0.15) is 0 Å². The Morgan fingerprint density at radius 1 is 1.30 bits per heavy atom. The van der Waals surface area contributed by atoms with E-state index in [0.717, 1.165) is 24.9 Å². The number of nitrogens with zero attached hydrogens (tertiary/aromatic N) is 2. The summed E-state index contributed by atoms with van der Waals surface area (Å²) in [5.41, 5.74) is 9.64. The van der Waals surface area contributed by atoms with Gasteiger partial charge in [0.15, 0.2) is 15.4 Å². The van der Waals surface area contributed by atoms with Gasteiger partial charge < -0.3 is 16.4 Å². The highest BCUT2D eigenvalue weighted by Crippen LogP contribution is 2.15. The van der Waals surface area contributed by atoms with Crippen LogP contribution in [0.25, 0.3) is 0 Å². The Bertz CT molecular complexity index is 780. The summed E-state index contributed by atoms with van der Waals surface area (Å²) in [7, 11) is 0. The predicted molar refractivity (Wildman–Crippen MR) is 117 cm³/mol. The molecule has 0 aliphatic rings. The van der Waals surface area contributed by atoms with Gasteiger partial charge in [-0.05, 0) is 36.4 Å². The molecule has 0 fully saturated rings. The standard InChI is InChI=1S/C17H22N6OS3/c1-2-3-9-19-16(26)21-17-20-13(11-27-17)14(24)22-23(15(18)25)10-12-7-5-4-6-8-12/h4-8,11H,2-3,9-10H2,1H3,(H2,18,25)(H,22,24)(H2,19,20,21,26). The maximum Gasteiger partial charge on any atom is 0.289 e. The van der Waals surface area contributed by atoms with Gasteiger partial charge in [-0.1, -0.05) is 43.7 Å². The number of anilines is 1. The number of unbranched alkanes of at least 4 members (excludes halogenated alkanes) is 1. The molecule has 27 heavy (non-hydrogen) atoms. The summed E-state index contributed by atoms with van der Waals surface area (Å²) in [5, 5.41) is 10.2. The number of rotatable bonds is 7.